The van der Waals surface area contributed by atoms with Crippen LogP contribution in [0.3, 0.4) is 0 Å². The number of hydrogen-bond acceptors (Lipinski definition) is 3. The molecule has 1 atom stereocenters. The average molecular weight is 354 g/mol. The number of benzene rings is 2. The van der Waals surface area contributed by atoms with E-state index in [-0.39, 0.29) is 5.91 Å². The second-order valence-corrected chi connectivity index (χ2v) is 5.63. The third-order valence-corrected chi connectivity index (χ3v) is 3.53. The van der Waals surface area contributed by atoms with Gasteiger partial charge in [-0.1, -0.05) is 23.2 Å². The lowest BCUT2D eigenvalue weighted by Gasteiger charge is -2.16. The average Bonchev–Trinajstić information content (AvgIpc) is 2.52. The van der Waals surface area contributed by atoms with Crippen LogP contribution in [0.4, 0.5) is 5.69 Å². The molecular formula is C17H17Cl2NO3. The summed E-state index contributed by atoms with van der Waals surface area (Å²) in [5.41, 5.74) is 0.663. The monoisotopic (exact) mass is 353 g/mol. The van der Waals surface area contributed by atoms with Gasteiger partial charge in [-0.15, -0.1) is 0 Å². The lowest BCUT2D eigenvalue weighted by Crippen LogP contribution is -2.30. The molecule has 2 aromatic carbocycles. The zero-order chi connectivity index (χ0) is 16.8. The molecule has 2 aromatic rings. The number of anilines is 1. The Labute approximate surface area is 145 Å². The van der Waals surface area contributed by atoms with Crippen molar-refractivity contribution in [3.63, 3.8) is 0 Å². The Kier molecular flexibility index (Phi) is 6.13. The van der Waals surface area contributed by atoms with E-state index in [1.54, 1.807) is 49.4 Å². The van der Waals surface area contributed by atoms with E-state index in [0.29, 0.717) is 28.1 Å². The van der Waals surface area contributed by atoms with Gasteiger partial charge < -0.3 is 14.8 Å². The quantitative estimate of drug-likeness (QED) is 0.811. The molecule has 0 aliphatic carbocycles. The standard InChI is InChI=1S/C17H17Cl2NO3/c1-3-22-14-7-5-13(6-8-14)20-17(21)11(2)23-16-9-4-12(18)10-15(16)19/h4-11H,3H2,1-2H3,(H,20,21)/t11-/m1/s1. The van der Waals surface area contributed by atoms with Crippen LogP contribution in [0, 0.1) is 0 Å². The van der Waals surface area contributed by atoms with E-state index in [2.05, 4.69) is 5.32 Å². The fraction of sp³-hybridized carbons (Fsp3) is 0.235. The van der Waals surface area contributed by atoms with Crippen molar-refractivity contribution in [3.8, 4) is 11.5 Å². The molecule has 1 N–H and O–H groups in total. The van der Waals surface area contributed by atoms with Gasteiger partial charge in [0.15, 0.2) is 6.10 Å². The van der Waals surface area contributed by atoms with Crippen molar-refractivity contribution in [3.05, 3.63) is 52.5 Å². The molecule has 0 aliphatic rings. The second-order valence-electron chi connectivity index (χ2n) is 4.78. The molecule has 0 bridgehead atoms. The summed E-state index contributed by atoms with van der Waals surface area (Å²) in [5.74, 6) is 0.883. The lowest BCUT2D eigenvalue weighted by atomic mass is 10.2. The molecular weight excluding hydrogens is 337 g/mol. The Morgan fingerprint density at radius 1 is 1.17 bits per heavy atom. The van der Waals surface area contributed by atoms with Crippen LogP contribution < -0.4 is 14.8 Å². The molecule has 0 saturated carbocycles. The van der Waals surface area contributed by atoms with Gasteiger partial charge in [0.25, 0.3) is 5.91 Å². The lowest BCUT2D eigenvalue weighted by molar-refractivity contribution is -0.122. The van der Waals surface area contributed by atoms with E-state index in [4.69, 9.17) is 32.7 Å². The Morgan fingerprint density at radius 2 is 1.87 bits per heavy atom. The summed E-state index contributed by atoms with van der Waals surface area (Å²) in [6.45, 7) is 4.16. The third kappa shape index (κ3) is 5.05. The summed E-state index contributed by atoms with van der Waals surface area (Å²) in [6.07, 6.45) is -0.708. The van der Waals surface area contributed by atoms with Crippen LogP contribution in [0.25, 0.3) is 0 Å². The highest BCUT2D eigenvalue weighted by Gasteiger charge is 2.16. The van der Waals surface area contributed by atoms with Crippen molar-refractivity contribution in [2.45, 2.75) is 20.0 Å². The normalized spacial score (nSPS) is 11.7. The first kappa shape index (κ1) is 17.4. The minimum absolute atomic E-state index is 0.278. The molecule has 0 aliphatic heterocycles. The highest BCUT2D eigenvalue weighted by Crippen LogP contribution is 2.28. The predicted octanol–water partition coefficient (Wildman–Crippen LogP) is 4.80. The molecule has 0 saturated heterocycles. The molecule has 23 heavy (non-hydrogen) atoms. The summed E-state index contributed by atoms with van der Waals surface area (Å²) in [7, 11) is 0. The van der Waals surface area contributed by atoms with Crippen LogP contribution in [-0.4, -0.2) is 18.6 Å². The van der Waals surface area contributed by atoms with E-state index in [9.17, 15) is 4.79 Å². The number of ether oxygens (including phenoxy) is 2. The molecule has 2 rings (SSSR count). The summed E-state index contributed by atoms with van der Waals surface area (Å²) in [4.78, 5) is 12.2. The Hall–Kier alpha value is -1.91. The number of amides is 1. The zero-order valence-electron chi connectivity index (χ0n) is 12.8. The number of rotatable bonds is 6. The van der Waals surface area contributed by atoms with Crippen molar-refractivity contribution in [2.24, 2.45) is 0 Å². The van der Waals surface area contributed by atoms with E-state index in [0.717, 1.165) is 5.75 Å². The zero-order valence-corrected chi connectivity index (χ0v) is 14.3. The van der Waals surface area contributed by atoms with Gasteiger partial charge in [0.05, 0.1) is 11.6 Å². The summed E-state index contributed by atoms with van der Waals surface area (Å²) >= 11 is 11.9. The van der Waals surface area contributed by atoms with Gasteiger partial charge in [-0.25, -0.2) is 0 Å². The van der Waals surface area contributed by atoms with Crippen molar-refractivity contribution >= 4 is 34.8 Å². The van der Waals surface area contributed by atoms with Crippen LogP contribution in [-0.2, 0) is 4.79 Å². The Bertz CT molecular complexity index is 674. The summed E-state index contributed by atoms with van der Waals surface area (Å²) < 4.78 is 10.9. The maximum atomic E-state index is 12.2. The van der Waals surface area contributed by atoms with Gasteiger partial charge in [0.2, 0.25) is 0 Å². The summed E-state index contributed by atoms with van der Waals surface area (Å²) in [5, 5.41) is 3.64. The van der Waals surface area contributed by atoms with Gasteiger partial charge in [0.1, 0.15) is 11.5 Å². The SMILES string of the molecule is CCOc1ccc(NC(=O)[C@@H](C)Oc2ccc(Cl)cc2Cl)cc1. The highest BCUT2D eigenvalue weighted by molar-refractivity contribution is 6.35. The summed E-state index contributed by atoms with van der Waals surface area (Å²) in [6, 6.07) is 12.0. The fourth-order valence-corrected chi connectivity index (χ4v) is 2.31. The smallest absolute Gasteiger partial charge is 0.265 e. The van der Waals surface area contributed by atoms with Gasteiger partial charge >= 0.3 is 0 Å². The molecule has 0 aromatic heterocycles. The van der Waals surface area contributed by atoms with Gasteiger partial charge in [-0.2, -0.15) is 0 Å². The van der Waals surface area contributed by atoms with Gasteiger partial charge in [-0.05, 0) is 56.3 Å². The van der Waals surface area contributed by atoms with Crippen LogP contribution >= 0.6 is 23.2 Å². The number of hydrogen-bond donors (Lipinski definition) is 1. The largest absolute Gasteiger partial charge is 0.494 e. The molecule has 0 fully saturated rings. The van der Waals surface area contributed by atoms with Crippen LogP contribution in [0.2, 0.25) is 10.0 Å². The maximum absolute atomic E-state index is 12.2. The number of carbonyl (C=O) groups excluding carboxylic acids is 1. The second kappa shape index (κ2) is 8.09. The number of carbonyl (C=O) groups is 1. The first-order valence-corrected chi connectivity index (χ1v) is 7.90. The minimum atomic E-state index is -0.708. The van der Waals surface area contributed by atoms with Gasteiger partial charge in [0, 0.05) is 10.7 Å². The van der Waals surface area contributed by atoms with E-state index in [1.807, 2.05) is 6.92 Å². The van der Waals surface area contributed by atoms with Crippen LogP contribution in [0.1, 0.15) is 13.8 Å². The molecule has 0 heterocycles. The molecule has 4 nitrogen and oxygen atoms in total. The molecule has 1 amide bonds. The predicted molar refractivity (Wildman–Crippen MR) is 92.8 cm³/mol. The van der Waals surface area contributed by atoms with Crippen LogP contribution in [0.5, 0.6) is 11.5 Å². The topological polar surface area (TPSA) is 47.6 Å². The van der Waals surface area contributed by atoms with E-state index < -0.39 is 6.10 Å². The van der Waals surface area contributed by atoms with Crippen molar-refractivity contribution in [1.29, 1.82) is 0 Å². The fourth-order valence-electron chi connectivity index (χ4n) is 1.86. The molecule has 0 spiro atoms. The molecule has 0 unspecified atom stereocenters. The van der Waals surface area contributed by atoms with Gasteiger partial charge in [-0.3, -0.25) is 4.79 Å². The maximum Gasteiger partial charge on any atom is 0.265 e. The Balaban J connectivity index is 1.96. The first-order chi connectivity index (χ1) is 11.0. The van der Waals surface area contributed by atoms with Crippen molar-refractivity contribution in [2.75, 3.05) is 11.9 Å². The van der Waals surface area contributed by atoms with Crippen LogP contribution in [0.15, 0.2) is 42.5 Å². The molecule has 6 heteroatoms. The number of nitrogens with one attached hydrogen (secondary N) is 1. The van der Waals surface area contributed by atoms with E-state index >= 15 is 0 Å². The first-order valence-electron chi connectivity index (χ1n) is 7.15. The minimum Gasteiger partial charge on any atom is -0.494 e. The third-order valence-electron chi connectivity index (χ3n) is 3.00. The number of halogens is 2. The van der Waals surface area contributed by atoms with E-state index in [1.165, 1.54) is 0 Å². The highest BCUT2D eigenvalue weighted by atomic mass is 35.5. The van der Waals surface area contributed by atoms with Crippen molar-refractivity contribution in [1.82, 2.24) is 0 Å². The van der Waals surface area contributed by atoms with Crippen molar-refractivity contribution < 1.29 is 14.3 Å². The molecule has 122 valence electrons. The Morgan fingerprint density at radius 3 is 2.48 bits per heavy atom. The molecule has 0 radical (unpaired) electrons.